The van der Waals surface area contributed by atoms with Gasteiger partial charge in [0.05, 0.1) is 0 Å². The summed E-state index contributed by atoms with van der Waals surface area (Å²) in [5.74, 6) is 0.505. The lowest BCUT2D eigenvalue weighted by Gasteiger charge is -2.23. The second-order valence-electron chi connectivity index (χ2n) is 5.46. The fourth-order valence-corrected chi connectivity index (χ4v) is 1.92. The Bertz CT molecular complexity index is 455. The first kappa shape index (κ1) is 16.0. The molecule has 0 spiro atoms. The Balaban J connectivity index is 2.71. The van der Waals surface area contributed by atoms with Crippen LogP contribution in [0, 0.1) is 0 Å². The van der Waals surface area contributed by atoms with Crippen LogP contribution in [0.2, 0.25) is 0 Å². The monoisotopic (exact) mass is 328 g/mol. The molecule has 1 aromatic carbocycles. The number of halogens is 1. The predicted molar refractivity (Wildman–Crippen MR) is 80.0 cm³/mol. The van der Waals surface area contributed by atoms with Crippen LogP contribution in [-0.4, -0.2) is 17.6 Å². The van der Waals surface area contributed by atoms with E-state index in [2.05, 4.69) is 21.2 Å². The third-order valence-corrected chi connectivity index (χ3v) is 3.19. The highest BCUT2D eigenvalue weighted by Crippen LogP contribution is 2.23. The van der Waals surface area contributed by atoms with Crippen LogP contribution in [0.1, 0.15) is 33.3 Å². The highest BCUT2D eigenvalue weighted by Gasteiger charge is 2.20. The number of nitrogens with one attached hydrogen (secondary N) is 1. The van der Waals surface area contributed by atoms with Crippen molar-refractivity contribution >= 4 is 21.8 Å². The maximum Gasteiger partial charge on any atom is 0.261 e. The molecule has 1 atom stereocenters. The number of ether oxygens (including phenoxy) is 1. The van der Waals surface area contributed by atoms with Crippen molar-refractivity contribution in [3.63, 3.8) is 0 Å². The van der Waals surface area contributed by atoms with Crippen molar-refractivity contribution in [1.29, 1.82) is 0 Å². The largest absolute Gasteiger partial charge is 0.481 e. The average Bonchev–Trinajstić information content (AvgIpc) is 2.29. The van der Waals surface area contributed by atoms with Gasteiger partial charge in [0.2, 0.25) is 0 Å². The summed E-state index contributed by atoms with van der Waals surface area (Å²) in [7, 11) is 0. The lowest BCUT2D eigenvalue weighted by Crippen LogP contribution is -2.46. The summed E-state index contributed by atoms with van der Waals surface area (Å²) in [6.07, 6.45) is -0.550. The molecule has 0 heterocycles. The number of amides is 1. The molecule has 0 aliphatic carbocycles. The zero-order valence-corrected chi connectivity index (χ0v) is 13.4. The van der Waals surface area contributed by atoms with Gasteiger partial charge >= 0.3 is 0 Å². The van der Waals surface area contributed by atoms with Gasteiger partial charge in [-0.15, -0.1) is 0 Å². The van der Waals surface area contributed by atoms with Crippen LogP contribution in [0.4, 0.5) is 0 Å². The van der Waals surface area contributed by atoms with Gasteiger partial charge in [0.15, 0.2) is 6.10 Å². The highest BCUT2D eigenvalue weighted by atomic mass is 79.9. The Labute approximate surface area is 122 Å². The number of carbonyl (C=O) groups excluding carboxylic acids is 1. The molecule has 1 unspecified atom stereocenters. The fraction of sp³-hybridized carbons (Fsp3) is 0.500. The minimum absolute atomic E-state index is 0.135. The molecule has 106 valence electrons. The zero-order valence-electron chi connectivity index (χ0n) is 11.8. The molecule has 4 nitrogen and oxygen atoms in total. The Morgan fingerprint density at radius 2 is 2.11 bits per heavy atom. The number of rotatable bonds is 4. The molecule has 1 amide bonds. The van der Waals surface area contributed by atoms with Crippen molar-refractivity contribution in [2.45, 2.75) is 45.9 Å². The summed E-state index contributed by atoms with van der Waals surface area (Å²) in [4.78, 5) is 11.9. The van der Waals surface area contributed by atoms with Gasteiger partial charge in [-0.1, -0.05) is 15.9 Å². The van der Waals surface area contributed by atoms with Gasteiger partial charge in [-0.3, -0.25) is 4.79 Å². The van der Waals surface area contributed by atoms with Crippen LogP contribution in [0.3, 0.4) is 0 Å². The summed E-state index contributed by atoms with van der Waals surface area (Å²) < 4.78 is 6.57. The Hall–Kier alpha value is -1.07. The maximum atomic E-state index is 11.9. The van der Waals surface area contributed by atoms with Crippen molar-refractivity contribution < 1.29 is 9.53 Å². The lowest BCUT2D eigenvalue weighted by molar-refractivity contribution is -0.128. The smallest absolute Gasteiger partial charge is 0.261 e. The molecule has 19 heavy (non-hydrogen) atoms. The Kier molecular flexibility index (Phi) is 5.38. The van der Waals surface area contributed by atoms with Crippen LogP contribution >= 0.6 is 15.9 Å². The molecule has 5 heteroatoms. The van der Waals surface area contributed by atoms with Gasteiger partial charge in [0.25, 0.3) is 5.91 Å². The van der Waals surface area contributed by atoms with Gasteiger partial charge in [-0.05, 0) is 51.5 Å². The third-order valence-electron chi connectivity index (χ3n) is 2.42. The van der Waals surface area contributed by atoms with E-state index in [1.165, 1.54) is 0 Å². The SMILES string of the molecule is CC(Oc1ccc(Br)c(CN)c1)C(=O)NC(C)(C)C. The van der Waals surface area contributed by atoms with Crippen molar-refractivity contribution in [1.82, 2.24) is 5.32 Å². The van der Waals surface area contributed by atoms with E-state index in [0.29, 0.717) is 12.3 Å². The summed E-state index contributed by atoms with van der Waals surface area (Å²) in [6, 6.07) is 5.51. The predicted octanol–water partition coefficient (Wildman–Crippen LogP) is 2.59. The molecule has 0 radical (unpaired) electrons. The van der Waals surface area contributed by atoms with E-state index in [1.807, 2.05) is 39.0 Å². The first-order valence-corrected chi connectivity index (χ1v) is 6.99. The summed E-state index contributed by atoms with van der Waals surface area (Å²) >= 11 is 3.41. The molecule has 3 N–H and O–H groups in total. The van der Waals surface area contributed by atoms with Crippen LogP contribution in [-0.2, 0) is 11.3 Å². The summed E-state index contributed by atoms with van der Waals surface area (Å²) in [5.41, 5.74) is 6.31. The van der Waals surface area contributed by atoms with Gasteiger partial charge in [0, 0.05) is 16.6 Å². The van der Waals surface area contributed by atoms with Crippen molar-refractivity contribution in [2.24, 2.45) is 5.73 Å². The van der Waals surface area contributed by atoms with E-state index in [9.17, 15) is 4.79 Å². The second kappa shape index (κ2) is 6.39. The summed E-state index contributed by atoms with van der Waals surface area (Å²) in [6.45, 7) is 7.95. The first-order chi connectivity index (χ1) is 8.73. The van der Waals surface area contributed by atoms with Crippen LogP contribution in [0.15, 0.2) is 22.7 Å². The molecule has 1 aromatic rings. The van der Waals surface area contributed by atoms with Gasteiger partial charge in [-0.2, -0.15) is 0 Å². The van der Waals surface area contributed by atoms with Crippen LogP contribution < -0.4 is 15.8 Å². The minimum Gasteiger partial charge on any atom is -0.481 e. The molecule has 0 fully saturated rings. The molecule has 0 saturated heterocycles. The van der Waals surface area contributed by atoms with Crippen molar-refractivity contribution in [3.05, 3.63) is 28.2 Å². The number of hydrogen-bond acceptors (Lipinski definition) is 3. The van der Waals surface area contributed by atoms with E-state index < -0.39 is 6.10 Å². The molecule has 0 saturated carbocycles. The molecule has 0 aromatic heterocycles. The molecule has 0 aliphatic heterocycles. The minimum atomic E-state index is -0.550. The normalized spacial score (nSPS) is 12.9. The standard InChI is InChI=1S/C14H21BrN2O2/c1-9(13(18)17-14(2,3)4)19-11-5-6-12(15)10(7-11)8-16/h5-7,9H,8,16H2,1-4H3,(H,17,18). The fourth-order valence-electron chi connectivity index (χ4n) is 1.51. The van der Waals surface area contributed by atoms with Gasteiger partial charge in [0.1, 0.15) is 5.75 Å². The van der Waals surface area contributed by atoms with Gasteiger partial charge in [-0.25, -0.2) is 0 Å². The molecule has 1 rings (SSSR count). The molecule has 0 bridgehead atoms. The van der Waals surface area contributed by atoms with Crippen molar-refractivity contribution in [2.75, 3.05) is 0 Å². The van der Waals surface area contributed by atoms with Crippen LogP contribution in [0.25, 0.3) is 0 Å². The van der Waals surface area contributed by atoms with Crippen LogP contribution in [0.5, 0.6) is 5.75 Å². The maximum absolute atomic E-state index is 11.9. The Morgan fingerprint density at radius 3 is 2.63 bits per heavy atom. The average molecular weight is 329 g/mol. The third kappa shape index (κ3) is 5.20. The second-order valence-corrected chi connectivity index (χ2v) is 6.31. The van der Waals surface area contributed by atoms with Crippen molar-refractivity contribution in [3.8, 4) is 5.75 Å². The van der Waals surface area contributed by atoms with E-state index in [1.54, 1.807) is 6.92 Å². The lowest BCUT2D eigenvalue weighted by atomic mass is 10.1. The topological polar surface area (TPSA) is 64.3 Å². The quantitative estimate of drug-likeness (QED) is 0.892. The van der Waals surface area contributed by atoms with E-state index in [4.69, 9.17) is 10.5 Å². The number of benzene rings is 1. The zero-order chi connectivity index (χ0) is 14.6. The number of nitrogens with two attached hydrogens (primary N) is 1. The van der Waals surface area contributed by atoms with E-state index >= 15 is 0 Å². The number of carbonyl (C=O) groups is 1. The molecular weight excluding hydrogens is 308 g/mol. The Morgan fingerprint density at radius 1 is 1.47 bits per heavy atom. The molecule has 0 aliphatic rings. The number of hydrogen-bond donors (Lipinski definition) is 2. The molecular formula is C14H21BrN2O2. The first-order valence-electron chi connectivity index (χ1n) is 6.20. The van der Waals surface area contributed by atoms with E-state index in [-0.39, 0.29) is 11.4 Å². The highest BCUT2D eigenvalue weighted by molar-refractivity contribution is 9.10. The summed E-state index contributed by atoms with van der Waals surface area (Å²) in [5, 5.41) is 2.88. The van der Waals surface area contributed by atoms with E-state index in [0.717, 1.165) is 10.0 Å². The van der Waals surface area contributed by atoms with Gasteiger partial charge < -0.3 is 15.8 Å².